The van der Waals surface area contributed by atoms with E-state index in [4.69, 9.17) is 15.7 Å². The van der Waals surface area contributed by atoms with Crippen molar-refractivity contribution in [1.29, 1.82) is 5.26 Å². The van der Waals surface area contributed by atoms with Crippen molar-refractivity contribution < 1.29 is 9.13 Å². The van der Waals surface area contributed by atoms with Gasteiger partial charge in [-0.1, -0.05) is 6.07 Å². The molecule has 3 N–H and O–H groups in total. The number of nitriles is 1. The van der Waals surface area contributed by atoms with Crippen LogP contribution in [0.2, 0.25) is 0 Å². The molecular formula is C22H22FN5O. The molecule has 0 unspecified atom stereocenters. The molecule has 1 saturated carbocycles. The molecule has 0 spiro atoms. The zero-order valence-corrected chi connectivity index (χ0v) is 16.1. The van der Waals surface area contributed by atoms with Gasteiger partial charge in [-0.3, -0.25) is 0 Å². The Morgan fingerprint density at radius 2 is 2.00 bits per heavy atom. The smallest absolute Gasteiger partial charge is 0.149 e. The Kier molecular flexibility index (Phi) is 5.19. The Balaban J connectivity index is 1.68. The number of anilines is 1. The molecule has 1 aliphatic carbocycles. The molecule has 1 fully saturated rings. The van der Waals surface area contributed by atoms with Gasteiger partial charge in [-0.05, 0) is 55.2 Å². The highest BCUT2D eigenvalue weighted by molar-refractivity contribution is 5.67. The van der Waals surface area contributed by atoms with Crippen LogP contribution in [-0.2, 0) is 0 Å². The minimum Gasteiger partial charge on any atom is -0.497 e. The van der Waals surface area contributed by atoms with Crippen molar-refractivity contribution in [3.63, 3.8) is 0 Å². The molecule has 0 aliphatic heterocycles. The maximum Gasteiger partial charge on any atom is 0.149 e. The fourth-order valence-electron chi connectivity index (χ4n) is 3.56. The van der Waals surface area contributed by atoms with Crippen molar-refractivity contribution in [2.24, 2.45) is 11.7 Å². The number of benzene rings is 2. The molecule has 0 amide bonds. The number of nitrogens with one attached hydrogen (secondary N) is 1. The summed E-state index contributed by atoms with van der Waals surface area (Å²) in [5.74, 6) is 1.45. The number of nitrogens with zero attached hydrogens (tertiary/aromatic N) is 3. The SMILES string of the molecule is COc1ccc(-n2nc(NCC3CC(N)C3)cc2-c2ccc(C#N)c(F)c2)cc1. The van der Waals surface area contributed by atoms with Gasteiger partial charge >= 0.3 is 0 Å². The van der Waals surface area contributed by atoms with Crippen LogP contribution in [0.5, 0.6) is 5.75 Å². The van der Waals surface area contributed by atoms with Gasteiger partial charge in [-0.2, -0.15) is 5.26 Å². The van der Waals surface area contributed by atoms with Crippen molar-refractivity contribution in [1.82, 2.24) is 9.78 Å². The summed E-state index contributed by atoms with van der Waals surface area (Å²) in [6.07, 6.45) is 2.03. The van der Waals surface area contributed by atoms with Crippen LogP contribution < -0.4 is 15.8 Å². The summed E-state index contributed by atoms with van der Waals surface area (Å²) in [5.41, 5.74) is 8.07. The fraction of sp³-hybridized carbons (Fsp3) is 0.273. The maximum absolute atomic E-state index is 14.2. The van der Waals surface area contributed by atoms with Crippen molar-refractivity contribution in [3.05, 3.63) is 59.9 Å². The van der Waals surface area contributed by atoms with E-state index in [1.807, 2.05) is 36.4 Å². The highest BCUT2D eigenvalue weighted by Crippen LogP contribution is 2.30. The van der Waals surface area contributed by atoms with Crippen LogP contribution in [0.3, 0.4) is 0 Å². The molecule has 0 atom stereocenters. The molecule has 6 nitrogen and oxygen atoms in total. The Labute approximate surface area is 168 Å². The van der Waals surface area contributed by atoms with Gasteiger partial charge < -0.3 is 15.8 Å². The van der Waals surface area contributed by atoms with Crippen LogP contribution in [0.1, 0.15) is 18.4 Å². The molecule has 7 heteroatoms. The topological polar surface area (TPSA) is 88.9 Å². The number of halogens is 1. The lowest BCUT2D eigenvalue weighted by atomic mass is 9.81. The molecule has 0 saturated heterocycles. The molecule has 1 heterocycles. The molecule has 0 bridgehead atoms. The van der Waals surface area contributed by atoms with E-state index in [0.29, 0.717) is 23.3 Å². The van der Waals surface area contributed by atoms with E-state index in [1.165, 1.54) is 12.1 Å². The van der Waals surface area contributed by atoms with E-state index in [1.54, 1.807) is 17.9 Å². The minimum absolute atomic E-state index is 0.0175. The molecule has 1 aliphatic rings. The van der Waals surface area contributed by atoms with Gasteiger partial charge in [0.2, 0.25) is 0 Å². The van der Waals surface area contributed by atoms with Gasteiger partial charge in [0.25, 0.3) is 0 Å². The lowest BCUT2D eigenvalue weighted by molar-refractivity contribution is 0.280. The fourth-order valence-corrected chi connectivity index (χ4v) is 3.56. The Morgan fingerprint density at radius 3 is 2.62 bits per heavy atom. The van der Waals surface area contributed by atoms with Crippen LogP contribution in [0.4, 0.5) is 10.2 Å². The highest BCUT2D eigenvalue weighted by Gasteiger charge is 2.25. The van der Waals surface area contributed by atoms with Crippen molar-refractivity contribution in [2.45, 2.75) is 18.9 Å². The number of methoxy groups -OCH3 is 1. The Bertz CT molecular complexity index is 1050. The first kappa shape index (κ1) is 19.0. The van der Waals surface area contributed by atoms with Gasteiger partial charge in [0, 0.05) is 24.2 Å². The summed E-state index contributed by atoms with van der Waals surface area (Å²) >= 11 is 0. The minimum atomic E-state index is -0.551. The van der Waals surface area contributed by atoms with Gasteiger partial charge in [0.05, 0.1) is 24.1 Å². The van der Waals surface area contributed by atoms with Gasteiger partial charge in [0.1, 0.15) is 23.5 Å². The van der Waals surface area contributed by atoms with Crippen molar-refractivity contribution in [2.75, 3.05) is 19.0 Å². The van der Waals surface area contributed by atoms with Gasteiger partial charge in [0.15, 0.2) is 0 Å². The van der Waals surface area contributed by atoms with E-state index >= 15 is 0 Å². The van der Waals surface area contributed by atoms with Crippen LogP contribution in [-0.4, -0.2) is 29.5 Å². The summed E-state index contributed by atoms with van der Waals surface area (Å²) in [4.78, 5) is 0. The predicted molar refractivity (Wildman–Crippen MR) is 109 cm³/mol. The number of hydrogen-bond donors (Lipinski definition) is 2. The molecule has 0 radical (unpaired) electrons. The Hall–Kier alpha value is -3.37. The van der Waals surface area contributed by atoms with E-state index in [2.05, 4.69) is 10.4 Å². The van der Waals surface area contributed by atoms with E-state index in [0.717, 1.165) is 36.5 Å². The molecule has 29 heavy (non-hydrogen) atoms. The second-order valence-electron chi connectivity index (χ2n) is 7.31. The average molecular weight is 391 g/mol. The largest absolute Gasteiger partial charge is 0.497 e. The molecule has 2 aromatic carbocycles. The average Bonchev–Trinajstić information content (AvgIpc) is 3.14. The van der Waals surface area contributed by atoms with E-state index < -0.39 is 5.82 Å². The summed E-state index contributed by atoms with van der Waals surface area (Å²) in [6, 6.07) is 16.1. The maximum atomic E-state index is 14.2. The Morgan fingerprint density at radius 1 is 1.24 bits per heavy atom. The number of nitrogens with two attached hydrogens (primary N) is 1. The van der Waals surface area contributed by atoms with Gasteiger partial charge in [-0.25, -0.2) is 9.07 Å². The van der Waals surface area contributed by atoms with Crippen LogP contribution in [0, 0.1) is 23.1 Å². The lowest BCUT2D eigenvalue weighted by Crippen LogP contribution is -2.39. The first-order valence-corrected chi connectivity index (χ1v) is 9.51. The standard InChI is InChI=1S/C22H22FN5O/c1-29-19-6-4-18(5-7-19)28-21(15-2-3-16(12-24)20(23)10-15)11-22(27-28)26-13-14-8-17(25)9-14/h2-7,10-11,14,17H,8-9,13,25H2,1H3,(H,26,27). The summed E-state index contributed by atoms with van der Waals surface area (Å²) in [6.45, 7) is 0.800. The summed E-state index contributed by atoms with van der Waals surface area (Å²) in [5, 5.41) is 17.0. The quantitative estimate of drug-likeness (QED) is 0.669. The zero-order valence-electron chi connectivity index (χ0n) is 16.1. The molecular weight excluding hydrogens is 369 g/mol. The van der Waals surface area contributed by atoms with Crippen LogP contribution in [0.25, 0.3) is 16.9 Å². The molecule has 148 valence electrons. The highest BCUT2D eigenvalue weighted by atomic mass is 19.1. The lowest BCUT2D eigenvalue weighted by Gasteiger charge is -2.32. The van der Waals surface area contributed by atoms with E-state index in [-0.39, 0.29) is 5.56 Å². The van der Waals surface area contributed by atoms with Crippen molar-refractivity contribution in [3.8, 4) is 28.8 Å². The molecule has 3 aromatic rings. The summed E-state index contributed by atoms with van der Waals surface area (Å²) in [7, 11) is 1.61. The van der Waals surface area contributed by atoms with Crippen LogP contribution >= 0.6 is 0 Å². The third-order valence-electron chi connectivity index (χ3n) is 5.26. The third kappa shape index (κ3) is 3.93. The monoisotopic (exact) mass is 391 g/mol. The first-order chi connectivity index (χ1) is 14.1. The second kappa shape index (κ2) is 7.94. The zero-order chi connectivity index (χ0) is 20.4. The first-order valence-electron chi connectivity index (χ1n) is 9.51. The number of ether oxygens (including phenoxy) is 1. The predicted octanol–water partition coefficient (Wildman–Crippen LogP) is 3.71. The number of aromatic nitrogens is 2. The summed E-state index contributed by atoms with van der Waals surface area (Å²) < 4.78 is 21.2. The van der Waals surface area contributed by atoms with Gasteiger partial charge in [-0.15, -0.1) is 5.10 Å². The third-order valence-corrected chi connectivity index (χ3v) is 5.26. The number of rotatable bonds is 6. The van der Waals surface area contributed by atoms with Crippen molar-refractivity contribution >= 4 is 5.82 Å². The normalized spacial score (nSPS) is 18.0. The molecule has 4 rings (SSSR count). The second-order valence-corrected chi connectivity index (χ2v) is 7.31. The van der Waals surface area contributed by atoms with Crippen LogP contribution in [0.15, 0.2) is 48.5 Å². The molecule has 1 aromatic heterocycles. The van der Waals surface area contributed by atoms with E-state index in [9.17, 15) is 4.39 Å². The number of hydrogen-bond acceptors (Lipinski definition) is 5.